The number of phenols is 3. The Morgan fingerprint density at radius 1 is 0.862 bits per heavy atom. The standard InChI is InChI=1S/C21H16O7S/c22-16-2-1-3-19(12-16)29(26,27)28-18-9-5-14(6-10-18)20(24)11-7-15-4-8-17(23)13-21(15)25/h1-13,22-23,25H. The van der Waals surface area contributed by atoms with Crippen LogP contribution in [0.15, 0.2) is 77.7 Å². The minimum Gasteiger partial charge on any atom is -0.508 e. The van der Waals surface area contributed by atoms with E-state index in [9.17, 15) is 28.5 Å². The second-order valence-corrected chi connectivity index (χ2v) is 7.55. The molecule has 0 fully saturated rings. The first-order valence-corrected chi connectivity index (χ1v) is 9.73. The van der Waals surface area contributed by atoms with Crippen LogP contribution in [-0.4, -0.2) is 29.5 Å². The molecule has 3 rings (SSSR count). The first-order valence-electron chi connectivity index (χ1n) is 8.32. The Kier molecular flexibility index (Phi) is 5.56. The van der Waals surface area contributed by atoms with E-state index in [1.54, 1.807) is 0 Å². The summed E-state index contributed by atoms with van der Waals surface area (Å²) in [6.45, 7) is 0. The van der Waals surface area contributed by atoms with Gasteiger partial charge in [0.05, 0.1) is 0 Å². The molecule has 0 unspecified atom stereocenters. The quantitative estimate of drug-likeness (QED) is 0.322. The van der Waals surface area contributed by atoms with Crippen molar-refractivity contribution in [1.82, 2.24) is 0 Å². The van der Waals surface area contributed by atoms with Crippen molar-refractivity contribution >= 4 is 22.0 Å². The Hall–Kier alpha value is -3.78. The monoisotopic (exact) mass is 412 g/mol. The first kappa shape index (κ1) is 20.0. The molecular formula is C21H16O7S. The van der Waals surface area contributed by atoms with Gasteiger partial charge in [-0.2, -0.15) is 8.42 Å². The van der Waals surface area contributed by atoms with Crippen LogP contribution in [0, 0.1) is 0 Å². The number of phenolic OH excluding ortho intramolecular Hbond substituents is 3. The number of hydrogen-bond acceptors (Lipinski definition) is 7. The van der Waals surface area contributed by atoms with Crippen LogP contribution in [0.25, 0.3) is 6.08 Å². The first-order chi connectivity index (χ1) is 13.7. The molecular weight excluding hydrogens is 396 g/mol. The Bertz CT molecular complexity index is 1180. The normalized spacial score (nSPS) is 11.4. The lowest BCUT2D eigenvalue weighted by Gasteiger charge is -2.07. The van der Waals surface area contributed by atoms with E-state index < -0.39 is 10.1 Å². The van der Waals surface area contributed by atoms with Crippen molar-refractivity contribution in [3.05, 3.63) is 83.9 Å². The summed E-state index contributed by atoms with van der Waals surface area (Å²) in [6, 6.07) is 14.5. The lowest BCUT2D eigenvalue weighted by molar-refractivity contribution is 0.104. The SMILES string of the molecule is O=C(C=Cc1ccc(O)cc1O)c1ccc(OS(=O)(=O)c2cccc(O)c2)cc1. The number of carbonyl (C=O) groups is 1. The van der Waals surface area contributed by atoms with E-state index in [-0.39, 0.29) is 39.2 Å². The van der Waals surface area contributed by atoms with Crippen LogP contribution >= 0.6 is 0 Å². The van der Waals surface area contributed by atoms with Crippen molar-refractivity contribution in [1.29, 1.82) is 0 Å². The minimum atomic E-state index is -4.13. The van der Waals surface area contributed by atoms with E-state index in [1.807, 2.05) is 0 Å². The number of carbonyl (C=O) groups excluding carboxylic acids is 1. The van der Waals surface area contributed by atoms with Crippen molar-refractivity contribution in [3.8, 4) is 23.0 Å². The van der Waals surface area contributed by atoms with E-state index in [0.717, 1.165) is 12.1 Å². The topological polar surface area (TPSA) is 121 Å². The fourth-order valence-electron chi connectivity index (χ4n) is 2.42. The van der Waals surface area contributed by atoms with Crippen molar-refractivity contribution in [2.45, 2.75) is 4.90 Å². The van der Waals surface area contributed by atoms with Crippen LogP contribution in [0.4, 0.5) is 0 Å². The molecule has 148 valence electrons. The zero-order valence-corrected chi connectivity index (χ0v) is 15.7. The third-order valence-electron chi connectivity index (χ3n) is 3.88. The number of rotatable bonds is 6. The maximum atomic E-state index is 12.2. The maximum Gasteiger partial charge on any atom is 0.339 e. The molecule has 0 bridgehead atoms. The van der Waals surface area contributed by atoms with Gasteiger partial charge in [0.1, 0.15) is 27.9 Å². The lowest BCUT2D eigenvalue weighted by atomic mass is 10.1. The van der Waals surface area contributed by atoms with E-state index in [0.29, 0.717) is 5.56 Å². The Balaban J connectivity index is 1.72. The molecule has 0 spiro atoms. The third-order valence-corrected chi connectivity index (χ3v) is 5.12. The zero-order valence-electron chi connectivity index (χ0n) is 14.9. The van der Waals surface area contributed by atoms with Gasteiger partial charge in [-0.25, -0.2) is 0 Å². The van der Waals surface area contributed by atoms with Gasteiger partial charge >= 0.3 is 10.1 Å². The van der Waals surface area contributed by atoms with Gasteiger partial charge in [-0.15, -0.1) is 0 Å². The zero-order chi connectivity index (χ0) is 21.0. The van der Waals surface area contributed by atoms with Gasteiger partial charge in [0.2, 0.25) is 0 Å². The molecule has 8 heteroatoms. The van der Waals surface area contributed by atoms with Gasteiger partial charge in [0, 0.05) is 23.3 Å². The molecule has 0 atom stereocenters. The van der Waals surface area contributed by atoms with Gasteiger partial charge < -0.3 is 19.5 Å². The van der Waals surface area contributed by atoms with E-state index in [2.05, 4.69) is 0 Å². The van der Waals surface area contributed by atoms with Crippen LogP contribution in [0.2, 0.25) is 0 Å². The van der Waals surface area contributed by atoms with Crippen LogP contribution in [0.1, 0.15) is 15.9 Å². The largest absolute Gasteiger partial charge is 0.508 e. The number of ketones is 1. The predicted octanol–water partition coefficient (Wildman–Crippen LogP) is 3.47. The molecule has 0 aliphatic carbocycles. The molecule has 0 heterocycles. The van der Waals surface area contributed by atoms with Crippen molar-refractivity contribution in [2.75, 3.05) is 0 Å². The molecule has 0 saturated carbocycles. The maximum absolute atomic E-state index is 12.2. The second-order valence-electron chi connectivity index (χ2n) is 6.00. The summed E-state index contributed by atoms with van der Waals surface area (Å²) in [5, 5.41) is 28.4. The molecule has 0 radical (unpaired) electrons. The molecule has 7 nitrogen and oxygen atoms in total. The van der Waals surface area contributed by atoms with Crippen LogP contribution < -0.4 is 4.18 Å². The highest BCUT2D eigenvalue weighted by Gasteiger charge is 2.17. The number of allylic oxidation sites excluding steroid dienone is 1. The van der Waals surface area contributed by atoms with E-state index in [1.165, 1.54) is 66.7 Å². The smallest absolute Gasteiger partial charge is 0.339 e. The lowest BCUT2D eigenvalue weighted by Crippen LogP contribution is -2.09. The summed E-state index contributed by atoms with van der Waals surface area (Å²) in [5.74, 6) is -0.843. The van der Waals surface area contributed by atoms with Gasteiger partial charge in [-0.05, 0) is 60.7 Å². The molecule has 0 saturated heterocycles. The molecule has 0 aliphatic rings. The van der Waals surface area contributed by atoms with Crippen LogP contribution in [0.5, 0.6) is 23.0 Å². The Morgan fingerprint density at radius 2 is 1.55 bits per heavy atom. The van der Waals surface area contributed by atoms with E-state index >= 15 is 0 Å². The Labute approximate surface area is 166 Å². The fourth-order valence-corrected chi connectivity index (χ4v) is 3.39. The number of hydrogen-bond donors (Lipinski definition) is 3. The average Bonchev–Trinajstić information content (AvgIpc) is 2.67. The summed E-state index contributed by atoms with van der Waals surface area (Å²) in [6.07, 6.45) is 2.64. The highest BCUT2D eigenvalue weighted by molar-refractivity contribution is 7.87. The number of benzene rings is 3. The summed E-state index contributed by atoms with van der Waals surface area (Å²) in [7, 11) is -4.13. The second kappa shape index (κ2) is 8.07. The molecule has 0 amide bonds. The molecule has 0 aliphatic heterocycles. The van der Waals surface area contributed by atoms with Crippen molar-refractivity contribution in [2.24, 2.45) is 0 Å². The summed E-state index contributed by atoms with van der Waals surface area (Å²) >= 11 is 0. The fraction of sp³-hybridized carbons (Fsp3) is 0. The summed E-state index contributed by atoms with van der Waals surface area (Å²) in [4.78, 5) is 12.0. The summed E-state index contributed by atoms with van der Waals surface area (Å²) in [5.41, 5.74) is 0.634. The average molecular weight is 412 g/mol. The third kappa shape index (κ3) is 4.94. The van der Waals surface area contributed by atoms with Crippen LogP contribution in [0.3, 0.4) is 0 Å². The van der Waals surface area contributed by atoms with Gasteiger partial charge in [0.25, 0.3) is 0 Å². The van der Waals surface area contributed by atoms with E-state index in [4.69, 9.17) is 4.18 Å². The molecule has 0 aromatic heterocycles. The minimum absolute atomic E-state index is 0.00468. The summed E-state index contributed by atoms with van der Waals surface area (Å²) < 4.78 is 29.5. The molecule has 29 heavy (non-hydrogen) atoms. The predicted molar refractivity (Wildman–Crippen MR) is 105 cm³/mol. The van der Waals surface area contributed by atoms with Gasteiger partial charge in [-0.3, -0.25) is 4.79 Å². The number of aromatic hydroxyl groups is 3. The van der Waals surface area contributed by atoms with Gasteiger partial charge in [0.15, 0.2) is 5.78 Å². The highest BCUT2D eigenvalue weighted by atomic mass is 32.2. The highest BCUT2D eigenvalue weighted by Crippen LogP contribution is 2.24. The molecule has 3 aromatic carbocycles. The molecule has 3 N–H and O–H groups in total. The van der Waals surface area contributed by atoms with Crippen molar-refractivity contribution < 1.29 is 32.7 Å². The molecule has 3 aromatic rings. The van der Waals surface area contributed by atoms with Crippen LogP contribution in [-0.2, 0) is 10.1 Å². The van der Waals surface area contributed by atoms with Gasteiger partial charge in [-0.1, -0.05) is 6.07 Å². The van der Waals surface area contributed by atoms with Crippen molar-refractivity contribution in [3.63, 3.8) is 0 Å². The Morgan fingerprint density at radius 3 is 2.21 bits per heavy atom.